The Balaban J connectivity index is 1.83. The highest BCUT2D eigenvalue weighted by Crippen LogP contribution is 2.26. The van der Waals surface area contributed by atoms with Crippen molar-refractivity contribution in [2.75, 3.05) is 31.7 Å². The molecule has 0 amide bonds. The van der Waals surface area contributed by atoms with Gasteiger partial charge in [0.1, 0.15) is 0 Å². The molecule has 0 aromatic heterocycles. The Bertz CT molecular complexity index is 501. The van der Waals surface area contributed by atoms with Crippen LogP contribution in [-0.4, -0.2) is 40.1 Å². The van der Waals surface area contributed by atoms with Gasteiger partial charge < -0.3 is 10.1 Å². The Hall–Kier alpha value is -0.910. The van der Waals surface area contributed by atoms with E-state index in [1.807, 2.05) is 37.4 Å². The van der Waals surface area contributed by atoms with Crippen LogP contribution < -0.4 is 5.32 Å². The first-order valence-electron chi connectivity index (χ1n) is 7.07. The average Bonchev–Trinajstić information content (AvgIpc) is 2.79. The third-order valence-electron chi connectivity index (χ3n) is 3.84. The summed E-state index contributed by atoms with van der Waals surface area (Å²) in [6.07, 6.45) is 0.767. The molecule has 1 saturated heterocycles. The van der Waals surface area contributed by atoms with Crippen molar-refractivity contribution in [3.05, 3.63) is 35.9 Å². The lowest BCUT2D eigenvalue weighted by Gasteiger charge is -2.22. The molecule has 0 bridgehead atoms. The van der Waals surface area contributed by atoms with Gasteiger partial charge >= 0.3 is 0 Å². The van der Waals surface area contributed by atoms with Crippen LogP contribution in [0.15, 0.2) is 30.3 Å². The quantitative estimate of drug-likeness (QED) is 0.828. The molecule has 2 rings (SSSR count). The Morgan fingerprint density at radius 1 is 1.35 bits per heavy atom. The van der Waals surface area contributed by atoms with E-state index in [4.69, 9.17) is 4.74 Å². The first-order valence-corrected chi connectivity index (χ1v) is 8.89. The predicted molar refractivity (Wildman–Crippen MR) is 80.3 cm³/mol. The fraction of sp³-hybridized carbons (Fsp3) is 0.600. The van der Waals surface area contributed by atoms with Gasteiger partial charge in [-0.1, -0.05) is 30.3 Å². The minimum absolute atomic E-state index is 0.225. The molecule has 1 aromatic carbocycles. The zero-order chi connectivity index (χ0) is 14.4. The van der Waals surface area contributed by atoms with Gasteiger partial charge in [0.05, 0.1) is 24.7 Å². The van der Waals surface area contributed by atoms with Crippen LogP contribution >= 0.6 is 0 Å². The molecule has 1 aliphatic rings. The molecule has 0 spiro atoms. The van der Waals surface area contributed by atoms with Gasteiger partial charge in [-0.2, -0.15) is 0 Å². The number of ether oxygens (including phenoxy) is 1. The zero-order valence-corrected chi connectivity index (χ0v) is 12.7. The molecule has 1 heterocycles. The van der Waals surface area contributed by atoms with Gasteiger partial charge in [0.2, 0.25) is 0 Å². The van der Waals surface area contributed by atoms with Crippen LogP contribution in [0.1, 0.15) is 12.0 Å². The summed E-state index contributed by atoms with van der Waals surface area (Å²) < 4.78 is 28.9. The van der Waals surface area contributed by atoms with Crippen molar-refractivity contribution in [3.63, 3.8) is 0 Å². The normalized spacial score (nSPS) is 22.8. The number of rotatable bonds is 7. The summed E-state index contributed by atoms with van der Waals surface area (Å²) in [7, 11) is -0.923. The van der Waals surface area contributed by atoms with E-state index >= 15 is 0 Å². The molecular weight excluding hydrogens is 274 g/mol. The first kappa shape index (κ1) is 15.5. The van der Waals surface area contributed by atoms with Gasteiger partial charge in [0.15, 0.2) is 9.84 Å². The van der Waals surface area contributed by atoms with Gasteiger partial charge in [0.25, 0.3) is 0 Å². The number of sulfone groups is 1. The van der Waals surface area contributed by atoms with Crippen molar-refractivity contribution in [2.45, 2.75) is 13.0 Å². The predicted octanol–water partition coefficient (Wildman–Crippen LogP) is 1.47. The Labute approximate surface area is 121 Å². The largest absolute Gasteiger partial charge is 0.376 e. The molecule has 1 aromatic rings. The first-order chi connectivity index (χ1) is 9.61. The lowest BCUT2D eigenvalue weighted by molar-refractivity contribution is 0.0701. The van der Waals surface area contributed by atoms with E-state index in [1.165, 1.54) is 0 Å². The molecule has 5 heteroatoms. The van der Waals surface area contributed by atoms with Crippen LogP contribution in [0.25, 0.3) is 0 Å². The number of hydrogen-bond donors (Lipinski definition) is 1. The summed E-state index contributed by atoms with van der Waals surface area (Å²) in [6.45, 7) is 1.99. The third-order valence-corrected chi connectivity index (χ3v) is 5.64. The second-order valence-electron chi connectivity index (χ2n) is 5.48. The van der Waals surface area contributed by atoms with Crippen molar-refractivity contribution in [2.24, 2.45) is 11.8 Å². The van der Waals surface area contributed by atoms with E-state index in [0.29, 0.717) is 24.7 Å². The van der Waals surface area contributed by atoms with Crippen LogP contribution in [-0.2, 0) is 21.2 Å². The lowest BCUT2D eigenvalue weighted by atomic mass is 9.92. The van der Waals surface area contributed by atoms with E-state index in [9.17, 15) is 8.42 Å². The maximum absolute atomic E-state index is 11.6. The highest BCUT2D eigenvalue weighted by Gasteiger charge is 2.33. The van der Waals surface area contributed by atoms with E-state index in [2.05, 4.69) is 5.32 Å². The molecule has 0 saturated carbocycles. The summed E-state index contributed by atoms with van der Waals surface area (Å²) in [4.78, 5) is 0. The molecular formula is C15H23NO3S. The van der Waals surface area contributed by atoms with E-state index in [-0.39, 0.29) is 11.8 Å². The Morgan fingerprint density at radius 3 is 2.70 bits per heavy atom. The molecule has 2 atom stereocenters. The summed E-state index contributed by atoms with van der Waals surface area (Å²) in [5.74, 6) is 1.13. The van der Waals surface area contributed by atoms with Gasteiger partial charge in [-0.3, -0.25) is 0 Å². The van der Waals surface area contributed by atoms with Crippen molar-refractivity contribution in [3.8, 4) is 0 Å². The van der Waals surface area contributed by atoms with Gasteiger partial charge in [-0.25, -0.2) is 8.42 Å². The number of benzene rings is 1. The zero-order valence-electron chi connectivity index (χ0n) is 11.9. The monoisotopic (exact) mass is 297 g/mol. The lowest BCUT2D eigenvalue weighted by Crippen LogP contribution is -2.30. The van der Waals surface area contributed by atoms with Crippen LogP contribution in [0.4, 0.5) is 0 Å². The van der Waals surface area contributed by atoms with Crippen molar-refractivity contribution in [1.29, 1.82) is 0 Å². The van der Waals surface area contributed by atoms with Gasteiger partial charge in [-0.05, 0) is 30.9 Å². The Morgan fingerprint density at radius 2 is 2.10 bits per heavy atom. The minimum atomic E-state index is -2.82. The van der Waals surface area contributed by atoms with E-state index < -0.39 is 9.84 Å². The molecule has 1 fully saturated rings. The molecule has 0 aliphatic carbocycles. The summed E-state index contributed by atoms with van der Waals surface area (Å²) in [5, 5.41) is 3.15. The van der Waals surface area contributed by atoms with Crippen molar-refractivity contribution < 1.29 is 13.2 Å². The molecule has 0 radical (unpaired) electrons. The molecule has 1 N–H and O–H groups in total. The second kappa shape index (κ2) is 7.20. The highest BCUT2D eigenvalue weighted by molar-refractivity contribution is 7.91. The average molecular weight is 297 g/mol. The molecule has 4 nitrogen and oxygen atoms in total. The van der Waals surface area contributed by atoms with Crippen LogP contribution in [0, 0.1) is 11.8 Å². The minimum Gasteiger partial charge on any atom is -0.376 e. The Kier molecular flexibility index (Phi) is 5.57. The van der Waals surface area contributed by atoms with Crippen molar-refractivity contribution >= 4 is 9.84 Å². The molecule has 1 aliphatic heterocycles. The van der Waals surface area contributed by atoms with E-state index in [1.54, 1.807) is 0 Å². The second-order valence-corrected chi connectivity index (χ2v) is 7.71. The SMILES string of the molecule is CNCC(COCc1ccccc1)C1CCS(=O)(=O)C1. The third kappa shape index (κ3) is 4.58. The fourth-order valence-corrected chi connectivity index (χ4v) is 4.64. The van der Waals surface area contributed by atoms with Crippen LogP contribution in [0.3, 0.4) is 0 Å². The number of hydrogen-bond acceptors (Lipinski definition) is 4. The van der Waals surface area contributed by atoms with Gasteiger partial charge in [-0.15, -0.1) is 0 Å². The smallest absolute Gasteiger partial charge is 0.150 e. The summed E-state index contributed by atoms with van der Waals surface area (Å²) >= 11 is 0. The van der Waals surface area contributed by atoms with E-state index in [0.717, 1.165) is 18.5 Å². The maximum Gasteiger partial charge on any atom is 0.150 e. The van der Waals surface area contributed by atoms with Crippen LogP contribution in [0.5, 0.6) is 0 Å². The summed E-state index contributed by atoms with van der Waals surface area (Å²) in [6, 6.07) is 10.0. The molecule has 20 heavy (non-hydrogen) atoms. The number of nitrogens with one attached hydrogen (secondary N) is 1. The topological polar surface area (TPSA) is 55.4 Å². The van der Waals surface area contributed by atoms with Crippen molar-refractivity contribution in [1.82, 2.24) is 5.32 Å². The molecule has 112 valence electrons. The molecule has 2 unspecified atom stereocenters. The highest BCUT2D eigenvalue weighted by atomic mass is 32.2. The van der Waals surface area contributed by atoms with Crippen LogP contribution in [0.2, 0.25) is 0 Å². The van der Waals surface area contributed by atoms with Gasteiger partial charge in [0, 0.05) is 6.54 Å². The maximum atomic E-state index is 11.6. The standard InChI is InChI=1S/C15H23NO3S/c1-16-9-15(14-7-8-20(17,18)12-14)11-19-10-13-5-3-2-4-6-13/h2-6,14-16H,7-12H2,1H3. The summed E-state index contributed by atoms with van der Waals surface area (Å²) in [5.41, 5.74) is 1.15. The fourth-order valence-electron chi connectivity index (χ4n) is 2.72.